The molecule has 0 aliphatic rings. The van der Waals surface area contributed by atoms with Gasteiger partial charge in [0.15, 0.2) is 0 Å². The molecule has 0 radical (unpaired) electrons. The summed E-state index contributed by atoms with van der Waals surface area (Å²) in [5.74, 6) is -0.227. The molecule has 0 fully saturated rings. The van der Waals surface area contributed by atoms with E-state index in [1.54, 1.807) is 30.3 Å². The molecular weight excluding hydrogens is 349 g/mol. The summed E-state index contributed by atoms with van der Waals surface area (Å²) in [5.41, 5.74) is 2.11. The van der Waals surface area contributed by atoms with Gasteiger partial charge >= 0.3 is 0 Å². The van der Waals surface area contributed by atoms with Crippen LogP contribution in [-0.2, 0) is 0 Å². The maximum Gasteiger partial charge on any atom is 0.255 e. The van der Waals surface area contributed by atoms with Gasteiger partial charge < -0.3 is 5.32 Å². The highest BCUT2D eigenvalue weighted by molar-refractivity contribution is 9.10. The standard InChI is InChI=1S/C14H10BrCl2NO/c1-8-2-4-10(7-12(8)16)18-14(19)9-3-5-11(15)13(17)6-9/h2-7H,1H3,(H,18,19). The molecule has 2 nitrogen and oxygen atoms in total. The largest absolute Gasteiger partial charge is 0.322 e. The molecule has 1 amide bonds. The normalized spacial score (nSPS) is 10.3. The van der Waals surface area contributed by atoms with Gasteiger partial charge in [0.05, 0.1) is 5.02 Å². The van der Waals surface area contributed by atoms with Crippen LogP contribution in [0.15, 0.2) is 40.9 Å². The van der Waals surface area contributed by atoms with E-state index in [4.69, 9.17) is 23.2 Å². The molecule has 98 valence electrons. The van der Waals surface area contributed by atoms with Crippen molar-refractivity contribution in [1.82, 2.24) is 0 Å². The molecule has 0 spiro atoms. The highest BCUT2D eigenvalue weighted by Crippen LogP contribution is 2.24. The molecule has 0 unspecified atom stereocenters. The summed E-state index contributed by atoms with van der Waals surface area (Å²) in [6.07, 6.45) is 0. The Kier molecular flexibility index (Phi) is 4.50. The van der Waals surface area contributed by atoms with Gasteiger partial charge in [-0.25, -0.2) is 0 Å². The van der Waals surface area contributed by atoms with E-state index >= 15 is 0 Å². The summed E-state index contributed by atoms with van der Waals surface area (Å²) in [6.45, 7) is 1.91. The van der Waals surface area contributed by atoms with Crippen LogP contribution >= 0.6 is 39.1 Å². The van der Waals surface area contributed by atoms with Crippen LogP contribution in [0.25, 0.3) is 0 Å². The molecule has 0 heterocycles. The van der Waals surface area contributed by atoms with E-state index < -0.39 is 0 Å². The Balaban J connectivity index is 2.20. The minimum absolute atomic E-state index is 0.227. The van der Waals surface area contributed by atoms with Crippen molar-refractivity contribution in [2.45, 2.75) is 6.92 Å². The van der Waals surface area contributed by atoms with Gasteiger partial charge in [0.2, 0.25) is 0 Å². The van der Waals surface area contributed by atoms with Gasteiger partial charge in [0.1, 0.15) is 0 Å². The van der Waals surface area contributed by atoms with E-state index in [1.807, 2.05) is 13.0 Å². The minimum Gasteiger partial charge on any atom is -0.322 e. The Morgan fingerprint density at radius 2 is 1.84 bits per heavy atom. The number of halogens is 3. The Morgan fingerprint density at radius 3 is 2.47 bits per heavy atom. The van der Waals surface area contributed by atoms with E-state index in [1.165, 1.54) is 0 Å². The molecule has 0 aliphatic carbocycles. The molecular formula is C14H10BrCl2NO. The van der Waals surface area contributed by atoms with Crippen LogP contribution in [0.2, 0.25) is 10.0 Å². The number of hydrogen-bond acceptors (Lipinski definition) is 1. The molecule has 0 saturated carbocycles. The third-order valence-electron chi connectivity index (χ3n) is 2.61. The Bertz CT molecular complexity index is 643. The van der Waals surface area contributed by atoms with E-state index in [2.05, 4.69) is 21.2 Å². The van der Waals surface area contributed by atoms with Crippen LogP contribution in [-0.4, -0.2) is 5.91 Å². The van der Waals surface area contributed by atoms with Crippen molar-refractivity contribution in [2.24, 2.45) is 0 Å². The highest BCUT2D eigenvalue weighted by Gasteiger charge is 2.09. The monoisotopic (exact) mass is 357 g/mol. The molecule has 0 aromatic heterocycles. The van der Waals surface area contributed by atoms with Gasteiger partial charge in [0, 0.05) is 20.7 Å². The number of carbonyl (C=O) groups excluding carboxylic acids is 1. The predicted octanol–water partition coefficient (Wildman–Crippen LogP) is 5.32. The summed E-state index contributed by atoms with van der Waals surface area (Å²) in [7, 11) is 0. The first-order valence-electron chi connectivity index (χ1n) is 5.50. The fraction of sp³-hybridized carbons (Fsp3) is 0.0714. The smallest absolute Gasteiger partial charge is 0.255 e. The first-order valence-corrected chi connectivity index (χ1v) is 7.05. The maximum atomic E-state index is 12.0. The van der Waals surface area contributed by atoms with Crippen LogP contribution in [0, 0.1) is 6.92 Å². The first-order chi connectivity index (χ1) is 8.97. The number of benzene rings is 2. The fourth-order valence-corrected chi connectivity index (χ4v) is 2.12. The van der Waals surface area contributed by atoms with Crippen LogP contribution in [0.4, 0.5) is 5.69 Å². The van der Waals surface area contributed by atoms with Gasteiger partial charge in [-0.3, -0.25) is 4.79 Å². The number of anilines is 1. The van der Waals surface area contributed by atoms with Gasteiger partial charge in [-0.05, 0) is 58.7 Å². The molecule has 2 aromatic rings. The fourth-order valence-electron chi connectivity index (χ4n) is 1.51. The zero-order chi connectivity index (χ0) is 14.0. The van der Waals surface area contributed by atoms with Crippen molar-refractivity contribution in [3.63, 3.8) is 0 Å². The van der Waals surface area contributed by atoms with E-state index in [9.17, 15) is 4.79 Å². The molecule has 5 heteroatoms. The van der Waals surface area contributed by atoms with Crippen LogP contribution in [0.3, 0.4) is 0 Å². The van der Waals surface area contributed by atoms with Crippen molar-refractivity contribution < 1.29 is 4.79 Å². The summed E-state index contributed by atoms with van der Waals surface area (Å²) < 4.78 is 0.754. The number of aryl methyl sites for hydroxylation is 1. The third kappa shape index (κ3) is 3.50. The Labute approximate surface area is 129 Å². The van der Waals surface area contributed by atoms with Gasteiger partial charge in [-0.15, -0.1) is 0 Å². The number of hydrogen-bond donors (Lipinski definition) is 1. The molecule has 0 saturated heterocycles. The third-order valence-corrected chi connectivity index (χ3v) is 4.25. The number of rotatable bonds is 2. The van der Waals surface area contributed by atoms with Gasteiger partial charge in [-0.2, -0.15) is 0 Å². The van der Waals surface area contributed by atoms with Gasteiger partial charge in [0.25, 0.3) is 5.91 Å². The van der Waals surface area contributed by atoms with Crippen LogP contribution in [0.5, 0.6) is 0 Å². The zero-order valence-electron chi connectivity index (χ0n) is 10.0. The van der Waals surface area contributed by atoms with Crippen molar-refractivity contribution in [3.05, 3.63) is 62.0 Å². The summed E-state index contributed by atoms with van der Waals surface area (Å²) in [5, 5.41) is 3.89. The molecule has 0 atom stereocenters. The van der Waals surface area contributed by atoms with Crippen molar-refractivity contribution >= 4 is 50.7 Å². The molecule has 0 bridgehead atoms. The molecule has 1 N–H and O–H groups in total. The predicted molar refractivity (Wildman–Crippen MR) is 83.3 cm³/mol. The molecule has 2 rings (SSSR count). The number of nitrogens with one attached hydrogen (secondary N) is 1. The van der Waals surface area contributed by atoms with Crippen molar-refractivity contribution in [2.75, 3.05) is 5.32 Å². The SMILES string of the molecule is Cc1ccc(NC(=O)c2ccc(Br)c(Cl)c2)cc1Cl. The molecule has 2 aromatic carbocycles. The van der Waals surface area contributed by atoms with E-state index in [-0.39, 0.29) is 5.91 Å². The Hall–Kier alpha value is -1.03. The maximum absolute atomic E-state index is 12.0. The van der Waals surface area contributed by atoms with Crippen molar-refractivity contribution in [3.8, 4) is 0 Å². The lowest BCUT2D eigenvalue weighted by molar-refractivity contribution is 0.102. The van der Waals surface area contributed by atoms with Crippen molar-refractivity contribution in [1.29, 1.82) is 0 Å². The molecule has 19 heavy (non-hydrogen) atoms. The number of amides is 1. The van der Waals surface area contributed by atoms with Crippen LogP contribution < -0.4 is 5.32 Å². The minimum atomic E-state index is -0.227. The van der Waals surface area contributed by atoms with Gasteiger partial charge in [-0.1, -0.05) is 29.3 Å². The Morgan fingerprint density at radius 1 is 1.11 bits per heavy atom. The van der Waals surface area contributed by atoms with E-state index in [0.717, 1.165) is 10.0 Å². The second-order valence-corrected chi connectivity index (χ2v) is 5.72. The zero-order valence-corrected chi connectivity index (χ0v) is 13.1. The second-order valence-electron chi connectivity index (χ2n) is 4.05. The van der Waals surface area contributed by atoms with Crippen LogP contribution in [0.1, 0.15) is 15.9 Å². The lowest BCUT2D eigenvalue weighted by Crippen LogP contribution is -2.11. The topological polar surface area (TPSA) is 29.1 Å². The lowest BCUT2D eigenvalue weighted by Gasteiger charge is -2.07. The molecule has 0 aliphatic heterocycles. The summed E-state index contributed by atoms with van der Waals surface area (Å²) in [6, 6.07) is 10.4. The first kappa shape index (κ1) is 14.4. The average Bonchev–Trinajstić information content (AvgIpc) is 2.37. The lowest BCUT2D eigenvalue weighted by atomic mass is 10.2. The summed E-state index contributed by atoms with van der Waals surface area (Å²) >= 11 is 15.3. The second kappa shape index (κ2) is 5.95. The number of carbonyl (C=O) groups is 1. The van der Waals surface area contributed by atoms with E-state index in [0.29, 0.717) is 21.3 Å². The average molecular weight is 359 g/mol. The quantitative estimate of drug-likeness (QED) is 0.773. The summed E-state index contributed by atoms with van der Waals surface area (Å²) in [4.78, 5) is 12.0. The highest BCUT2D eigenvalue weighted by atomic mass is 79.9.